The number of ketones is 1. The third-order valence-corrected chi connectivity index (χ3v) is 7.54. The van der Waals surface area contributed by atoms with Crippen LogP contribution in [-0.2, 0) is 21.2 Å². The Bertz CT molecular complexity index is 1070. The second kappa shape index (κ2) is 10.3. The molecule has 0 bridgehead atoms. The van der Waals surface area contributed by atoms with Gasteiger partial charge < -0.3 is 4.74 Å². The molecule has 1 aliphatic heterocycles. The second-order valence-electron chi connectivity index (χ2n) is 7.51. The molecular weight excluding hydrogens is 436 g/mol. The van der Waals surface area contributed by atoms with E-state index in [1.165, 1.54) is 16.4 Å². The molecule has 8 heteroatoms. The fraction of sp³-hybridized carbons (Fsp3) is 0.391. The first-order valence-electron chi connectivity index (χ1n) is 10.3. The van der Waals surface area contributed by atoms with E-state index < -0.39 is 10.0 Å². The smallest absolute Gasteiger partial charge is 0.243 e. The van der Waals surface area contributed by atoms with Gasteiger partial charge in [0.2, 0.25) is 10.0 Å². The molecular formula is C23H25ClN2O4S. The number of rotatable bonds is 8. The van der Waals surface area contributed by atoms with Gasteiger partial charge in [0.25, 0.3) is 0 Å². The molecule has 1 heterocycles. The van der Waals surface area contributed by atoms with E-state index in [9.17, 15) is 13.2 Å². The second-order valence-corrected chi connectivity index (χ2v) is 9.88. The molecule has 6 nitrogen and oxygen atoms in total. The summed E-state index contributed by atoms with van der Waals surface area (Å²) in [5.74, 6) is 0.437. The number of aryl methyl sites for hydroxylation is 1. The number of hydrogen-bond donors (Lipinski definition) is 0. The number of halogens is 1. The van der Waals surface area contributed by atoms with Gasteiger partial charge in [0.15, 0.2) is 0 Å². The number of nitriles is 1. The maximum atomic E-state index is 13.0. The number of benzene rings is 2. The van der Waals surface area contributed by atoms with Crippen molar-refractivity contribution < 1.29 is 17.9 Å². The molecule has 164 valence electrons. The monoisotopic (exact) mass is 460 g/mol. The predicted molar refractivity (Wildman–Crippen MR) is 119 cm³/mol. The third-order valence-electron chi connectivity index (χ3n) is 5.45. The molecule has 0 N–H and O–H groups in total. The fourth-order valence-corrected chi connectivity index (χ4v) is 5.54. The summed E-state index contributed by atoms with van der Waals surface area (Å²) >= 11 is 6.07. The summed E-state index contributed by atoms with van der Waals surface area (Å²) < 4.78 is 32.9. The predicted octanol–water partition coefficient (Wildman–Crippen LogP) is 4.21. The molecule has 0 unspecified atom stereocenters. The average Bonchev–Trinajstić information content (AvgIpc) is 2.77. The Morgan fingerprint density at radius 3 is 2.48 bits per heavy atom. The maximum Gasteiger partial charge on any atom is 0.243 e. The normalized spacial score (nSPS) is 15.4. The largest absolute Gasteiger partial charge is 0.494 e. The summed E-state index contributed by atoms with van der Waals surface area (Å²) in [5.41, 5.74) is 1.61. The molecule has 2 aromatic rings. The number of piperidine rings is 1. The lowest BCUT2D eigenvalue weighted by atomic mass is 9.90. The number of carbonyl (C=O) groups is 1. The minimum atomic E-state index is -3.71. The van der Waals surface area contributed by atoms with Crippen LogP contribution in [-0.4, -0.2) is 38.2 Å². The molecule has 0 aromatic heterocycles. The van der Waals surface area contributed by atoms with Crippen LogP contribution in [0.5, 0.6) is 5.75 Å². The highest BCUT2D eigenvalue weighted by atomic mass is 35.5. The molecule has 3 rings (SSSR count). The molecule has 0 saturated carbocycles. The molecule has 0 spiro atoms. The van der Waals surface area contributed by atoms with Crippen LogP contribution in [0, 0.1) is 17.2 Å². The topological polar surface area (TPSA) is 87.5 Å². The number of carbonyl (C=O) groups excluding carboxylic acids is 1. The van der Waals surface area contributed by atoms with Gasteiger partial charge in [-0.25, -0.2) is 8.42 Å². The summed E-state index contributed by atoms with van der Waals surface area (Å²) in [4.78, 5) is 12.7. The Morgan fingerprint density at radius 2 is 1.87 bits per heavy atom. The van der Waals surface area contributed by atoms with Gasteiger partial charge in [-0.1, -0.05) is 23.7 Å². The number of hydrogen-bond acceptors (Lipinski definition) is 5. The molecule has 31 heavy (non-hydrogen) atoms. The van der Waals surface area contributed by atoms with Crippen molar-refractivity contribution in [1.82, 2.24) is 4.31 Å². The van der Waals surface area contributed by atoms with Crippen LogP contribution >= 0.6 is 11.6 Å². The van der Waals surface area contributed by atoms with E-state index in [0.717, 1.165) is 5.56 Å². The van der Waals surface area contributed by atoms with E-state index in [4.69, 9.17) is 21.6 Å². The zero-order valence-corrected chi connectivity index (χ0v) is 19.0. The van der Waals surface area contributed by atoms with Crippen molar-refractivity contribution in [2.24, 2.45) is 5.92 Å². The summed E-state index contributed by atoms with van der Waals surface area (Å²) in [6, 6.07) is 13.8. The first-order valence-corrected chi connectivity index (χ1v) is 12.1. The Balaban J connectivity index is 1.58. The van der Waals surface area contributed by atoms with E-state index >= 15 is 0 Å². The quantitative estimate of drug-likeness (QED) is 0.588. The summed E-state index contributed by atoms with van der Waals surface area (Å²) in [5, 5.41) is 9.16. The summed E-state index contributed by atoms with van der Waals surface area (Å²) in [6.45, 7) is 2.83. The van der Waals surface area contributed by atoms with Gasteiger partial charge in [-0.05, 0) is 56.0 Å². The molecule has 0 amide bonds. The van der Waals surface area contributed by atoms with E-state index in [1.807, 2.05) is 19.1 Å². The zero-order valence-electron chi connectivity index (χ0n) is 17.4. The van der Waals surface area contributed by atoms with Crippen molar-refractivity contribution in [3.05, 3.63) is 58.6 Å². The highest BCUT2D eigenvalue weighted by molar-refractivity contribution is 7.89. The van der Waals surface area contributed by atoms with Crippen LogP contribution in [0.15, 0.2) is 47.4 Å². The Labute approximate surface area is 188 Å². The van der Waals surface area contributed by atoms with Crippen LogP contribution in [0.1, 0.15) is 37.3 Å². The standard InChI is InChI=1S/C23H25ClN2O4S/c1-2-30-21-13-20(24)14-22(15-21)31(28,29)26-11-9-19(10-12-26)23(27)8-7-17-3-5-18(16-25)6-4-17/h3-6,13-15,19H,2,7-12H2,1H3. The van der Waals surface area contributed by atoms with Crippen LogP contribution in [0.2, 0.25) is 5.02 Å². The molecule has 0 atom stereocenters. The van der Waals surface area contributed by atoms with Crippen LogP contribution in [0.25, 0.3) is 0 Å². The van der Waals surface area contributed by atoms with Gasteiger partial charge in [-0.3, -0.25) is 4.79 Å². The van der Waals surface area contributed by atoms with Crippen molar-refractivity contribution in [3.8, 4) is 11.8 Å². The molecule has 1 aliphatic rings. The van der Waals surface area contributed by atoms with E-state index in [-0.39, 0.29) is 16.6 Å². The lowest BCUT2D eigenvalue weighted by molar-refractivity contribution is -0.123. The Kier molecular flexibility index (Phi) is 7.71. The molecule has 1 saturated heterocycles. The average molecular weight is 461 g/mol. The van der Waals surface area contributed by atoms with Crippen LogP contribution in [0.3, 0.4) is 0 Å². The zero-order chi connectivity index (χ0) is 22.4. The van der Waals surface area contributed by atoms with Crippen molar-refractivity contribution in [2.45, 2.75) is 37.5 Å². The van der Waals surface area contributed by atoms with Crippen molar-refractivity contribution in [2.75, 3.05) is 19.7 Å². The molecule has 2 aromatic carbocycles. The van der Waals surface area contributed by atoms with Gasteiger partial charge in [-0.15, -0.1) is 0 Å². The summed E-state index contributed by atoms with van der Waals surface area (Å²) in [7, 11) is -3.71. The van der Waals surface area contributed by atoms with Crippen LogP contribution in [0.4, 0.5) is 0 Å². The number of Topliss-reactive ketones (excluding diaryl/α,β-unsaturated/α-hetero) is 1. The van der Waals surface area contributed by atoms with Gasteiger partial charge in [0.1, 0.15) is 11.5 Å². The summed E-state index contributed by atoms with van der Waals surface area (Å²) in [6.07, 6.45) is 2.04. The molecule has 1 fully saturated rings. The van der Waals surface area contributed by atoms with Gasteiger partial charge >= 0.3 is 0 Å². The number of ether oxygens (including phenoxy) is 1. The Hall–Kier alpha value is -2.40. The van der Waals surface area contributed by atoms with Crippen molar-refractivity contribution >= 4 is 27.4 Å². The SMILES string of the molecule is CCOc1cc(Cl)cc(S(=O)(=O)N2CCC(C(=O)CCc3ccc(C#N)cc3)CC2)c1. The first kappa shape index (κ1) is 23.3. The first-order chi connectivity index (χ1) is 14.8. The highest BCUT2D eigenvalue weighted by Gasteiger charge is 2.32. The van der Waals surface area contributed by atoms with E-state index in [1.54, 1.807) is 18.2 Å². The fourth-order valence-electron chi connectivity index (χ4n) is 3.72. The van der Waals surface area contributed by atoms with Gasteiger partial charge in [0, 0.05) is 36.5 Å². The number of nitrogens with zero attached hydrogens (tertiary/aromatic N) is 2. The van der Waals surface area contributed by atoms with E-state index in [0.29, 0.717) is 61.7 Å². The lowest BCUT2D eigenvalue weighted by Gasteiger charge is -2.30. The van der Waals surface area contributed by atoms with Crippen molar-refractivity contribution in [1.29, 1.82) is 5.26 Å². The van der Waals surface area contributed by atoms with Gasteiger partial charge in [-0.2, -0.15) is 9.57 Å². The van der Waals surface area contributed by atoms with Crippen molar-refractivity contribution in [3.63, 3.8) is 0 Å². The minimum absolute atomic E-state index is 0.106. The Morgan fingerprint density at radius 1 is 1.19 bits per heavy atom. The van der Waals surface area contributed by atoms with E-state index in [2.05, 4.69) is 6.07 Å². The lowest BCUT2D eigenvalue weighted by Crippen LogP contribution is -2.40. The highest BCUT2D eigenvalue weighted by Crippen LogP contribution is 2.29. The number of sulfonamides is 1. The van der Waals surface area contributed by atoms with Crippen LogP contribution < -0.4 is 4.74 Å². The molecule has 0 radical (unpaired) electrons. The molecule has 0 aliphatic carbocycles. The third kappa shape index (κ3) is 5.85. The maximum absolute atomic E-state index is 13.0. The minimum Gasteiger partial charge on any atom is -0.494 e. The van der Waals surface area contributed by atoms with Gasteiger partial charge in [0.05, 0.1) is 23.1 Å².